The Hall–Kier alpha value is -2.56. The molecule has 0 aliphatic carbocycles. The second kappa shape index (κ2) is 6.51. The molecule has 1 aliphatic heterocycles. The van der Waals surface area contributed by atoms with Crippen molar-refractivity contribution in [2.24, 2.45) is 0 Å². The number of hydrogen-bond donors (Lipinski definition) is 2. The van der Waals surface area contributed by atoms with Crippen LogP contribution < -0.4 is 15.8 Å². The summed E-state index contributed by atoms with van der Waals surface area (Å²) in [6.07, 6.45) is 5.34. The lowest BCUT2D eigenvalue weighted by molar-refractivity contribution is -0.122. The summed E-state index contributed by atoms with van der Waals surface area (Å²) in [6.45, 7) is 4.06. The van der Waals surface area contributed by atoms with Gasteiger partial charge in [0.1, 0.15) is 11.4 Å². The summed E-state index contributed by atoms with van der Waals surface area (Å²) in [4.78, 5) is 16.4. The Kier molecular flexibility index (Phi) is 4.42. The number of nitrogens with two attached hydrogens (primary N) is 1. The molecule has 0 saturated carbocycles. The molecule has 1 aliphatic rings. The number of nitrogens with zero attached hydrogens (tertiary/aromatic N) is 1. The SMILES string of the molecule is CC1(C)CC(NC(=O)CCc2ccncc2)c2cc(N)ccc2O1. The molecular weight excluding hydrogens is 302 g/mol. The van der Waals surface area contributed by atoms with Gasteiger partial charge < -0.3 is 15.8 Å². The van der Waals surface area contributed by atoms with Crippen molar-refractivity contribution in [2.75, 3.05) is 5.73 Å². The molecule has 0 fully saturated rings. The van der Waals surface area contributed by atoms with E-state index in [9.17, 15) is 4.79 Å². The molecule has 5 nitrogen and oxygen atoms in total. The molecule has 0 saturated heterocycles. The van der Waals surface area contributed by atoms with Crippen molar-refractivity contribution in [3.05, 3.63) is 53.9 Å². The Morgan fingerprint density at radius 2 is 2.08 bits per heavy atom. The van der Waals surface area contributed by atoms with E-state index in [1.54, 1.807) is 12.4 Å². The van der Waals surface area contributed by atoms with Crippen molar-refractivity contribution in [1.82, 2.24) is 10.3 Å². The van der Waals surface area contributed by atoms with E-state index in [-0.39, 0.29) is 17.6 Å². The van der Waals surface area contributed by atoms with Gasteiger partial charge in [0.25, 0.3) is 0 Å². The van der Waals surface area contributed by atoms with E-state index in [4.69, 9.17) is 10.5 Å². The highest BCUT2D eigenvalue weighted by Gasteiger charge is 2.34. The van der Waals surface area contributed by atoms with Gasteiger partial charge in [0.15, 0.2) is 0 Å². The zero-order valence-electron chi connectivity index (χ0n) is 14.1. The molecule has 24 heavy (non-hydrogen) atoms. The lowest BCUT2D eigenvalue weighted by Gasteiger charge is -2.38. The number of rotatable bonds is 4. The second-order valence-corrected chi connectivity index (χ2v) is 6.84. The Morgan fingerprint density at radius 3 is 2.83 bits per heavy atom. The molecule has 1 unspecified atom stereocenters. The first-order chi connectivity index (χ1) is 11.4. The van der Waals surface area contributed by atoms with Crippen LogP contribution in [0.15, 0.2) is 42.7 Å². The van der Waals surface area contributed by atoms with Gasteiger partial charge >= 0.3 is 0 Å². The van der Waals surface area contributed by atoms with Crippen LogP contribution in [0.5, 0.6) is 5.75 Å². The van der Waals surface area contributed by atoms with E-state index in [0.717, 1.165) is 16.9 Å². The van der Waals surface area contributed by atoms with Crippen molar-refractivity contribution in [1.29, 1.82) is 0 Å². The molecule has 1 aromatic carbocycles. The Bertz CT molecular complexity index is 729. The number of aromatic nitrogens is 1. The lowest BCUT2D eigenvalue weighted by Crippen LogP contribution is -2.41. The number of nitrogen functional groups attached to an aromatic ring is 1. The molecule has 1 aromatic heterocycles. The molecule has 2 heterocycles. The van der Waals surface area contributed by atoms with Gasteiger partial charge in [-0.05, 0) is 56.2 Å². The predicted octanol–water partition coefficient (Wildman–Crippen LogP) is 3.02. The van der Waals surface area contributed by atoms with Crippen LogP contribution in [0.2, 0.25) is 0 Å². The van der Waals surface area contributed by atoms with Gasteiger partial charge in [-0.15, -0.1) is 0 Å². The number of aryl methyl sites for hydroxylation is 1. The van der Waals surface area contributed by atoms with Crippen LogP contribution in [0.25, 0.3) is 0 Å². The van der Waals surface area contributed by atoms with Crippen LogP contribution >= 0.6 is 0 Å². The average Bonchev–Trinajstić information content (AvgIpc) is 2.54. The minimum atomic E-state index is -0.327. The van der Waals surface area contributed by atoms with Crippen molar-refractivity contribution >= 4 is 11.6 Å². The normalized spacial score (nSPS) is 18.3. The van der Waals surface area contributed by atoms with E-state index in [2.05, 4.69) is 10.3 Å². The number of nitrogens with one attached hydrogen (secondary N) is 1. The number of carbonyl (C=O) groups is 1. The van der Waals surface area contributed by atoms with E-state index in [0.29, 0.717) is 24.9 Å². The smallest absolute Gasteiger partial charge is 0.220 e. The van der Waals surface area contributed by atoms with E-state index < -0.39 is 0 Å². The van der Waals surface area contributed by atoms with E-state index in [1.165, 1.54) is 0 Å². The van der Waals surface area contributed by atoms with Crippen LogP contribution in [-0.2, 0) is 11.2 Å². The molecule has 1 atom stereocenters. The number of amides is 1. The largest absolute Gasteiger partial charge is 0.487 e. The summed E-state index contributed by atoms with van der Waals surface area (Å²) in [5.74, 6) is 0.822. The van der Waals surface area contributed by atoms with Gasteiger partial charge in [0.2, 0.25) is 5.91 Å². The maximum absolute atomic E-state index is 12.4. The molecule has 1 amide bonds. The number of pyridine rings is 1. The fourth-order valence-electron chi connectivity index (χ4n) is 3.08. The summed E-state index contributed by atoms with van der Waals surface area (Å²) in [5, 5.41) is 3.14. The standard InChI is InChI=1S/C19H23N3O2/c1-19(2)12-16(15-11-14(20)4-5-17(15)24-19)22-18(23)6-3-13-7-9-21-10-8-13/h4-5,7-11,16H,3,6,12,20H2,1-2H3,(H,22,23). The predicted molar refractivity (Wildman–Crippen MR) is 93.6 cm³/mol. The van der Waals surface area contributed by atoms with Crippen molar-refractivity contribution in [2.45, 2.75) is 44.8 Å². The first-order valence-electron chi connectivity index (χ1n) is 8.20. The van der Waals surface area contributed by atoms with Gasteiger partial charge in [-0.1, -0.05) is 0 Å². The van der Waals surface area contributed by atoms with Crippen LogP contribution in [-0.4, -0.2) is 16.5 Å². The molecular formula is C19H23N3O2. The summed E-state index contributed by atoms with van der Waals surface area (Å²) in [5.41, 5.74) is 8.31. The van der Waals surface area contributed by atoms with E-state index >= 15 is 0 Å². The molecule has 3 N–H and O–H groups in total. The third kappa shape index (κ3) is 3.85. The maximum atomic E-state index is 12.4. The quantitative estimate of drug-likeness (QED) is 0.847. The number of carbonyl (C=O) groups excluding carboxylic acids is 1. The number of fused-ring (bicyclic) bond motifs is 1. The molecule has 0 radical (unpaired) electrons. The molecule has 126 valence electrons. The first-order valence-corrected chi connectivity index (χ1v) is 8.20. The lowest BCUT2D eigenvalue weighted by atomic mass is 9.89. The summed E-state index contributed by atoms with van der Waals surface area (Å²) in [6, 6.07) is 9.36. The van der Waals surface area contributed by atoms with Gasteiger partial charge in [-0.3, -0.25) is 9.78 Å². The van der Waals surface area contributed by atoms with Crippen LogP contribution in [0.4, 0.5) is 5.69 Å². The Balaban J connectivity index is 1.70. The van der Waals surface area contributed by atoms with Gasteiger partial charge in [0.05, 0.1) is 6.04 Å². The minimum absolute atomic E-state index is 0.0305. The van der Waals surface area contributed by atoms with Crippen molar-refractivity contribution in [3.63, 3.8) is 0 Å². The third-order valence-corrected chi connectivity index (χ3v) is 4.22. The minimum Gasteiger partial charge on any atom is -0.487 e. The number of ether oxygens (including phenoxy) is 1. The fourth-order valence-corrected chi connectivity index (χ4v) is 3.08. The third-order valence-electron chi connectivity index (χ3n) is 4.22. The summed E-state index contributed by atoms with van der Waals surface area (Å²) in [7, 11) is 0. The fraction of sp³-hybridized carbons (Fsp3) is 0.368. The van der Waals surface area contributed by atoms with Gasteiger partial charge in [-0.2, -0.15) is 0 Å². The van der Waals surface area contributed by atoms with E-state index in [1.807, 2.05) is 44.2 Å². The summed E-state index contributed by atoms with van der Waals surface area (Å²) < 4.78 is 6.00. The Labute approximate surface area is 142 Å². The van der Waals surface area contributed by atoms with Gasteiger partial charge in [-0.25, -0.2) is 0 Å². The molecule has 0 bridgehead atoms. The monoisotopic (exact) mass is 325 g/mol. The van der Waals surface area contributed by atoms with Crippen LogP contribution in [0, 0.1) is 0 Å². The number of anilines is 1. The zero-order valence-corrected chi connectivity index (χ0v) is 14.1. The van der Waals surface area contributed by atoms with Crippen LogP contribution in [0.3, 0.4) is 0 Å². The number of hydrogen-bond acceptors (Lipinski definition) is 4. The van der Waals surface area contributed by atoms with Crippen molar-refractivity contribution in [3.8, 4) is 5.75 Å². The highest BCUT2D eigenvalue weighted by molar-refractivity contribution is 5.77. The topological polar surface area (TPSA) is 77.2 Å². The molecule has 3 rings (SSSR count). The van der Waals surface area contributed by atoms with Crippen LogP contribution in [0.1, 0.15) is 43.9 Å². The van der Waals surface area contributed by atoms with Gasteiger partial charge in [0, 0.05) is 36.5 Å². The highest BCUT2D eigenvalue weighted by atomic mass is 16.5. The summed E-state index contributed by atoms with van der Waals surface area (Å²) >= 11 is 0. The molecule has 2 aromatic rings. The highest BCUT2D eigenvalue weighted by Crippen LogP contribution is 2.40. The first kappa shape index (κ1) is 16.3. The Morgan fingerprint density at radius 1 is 1.33 bits per heavy atom. The van der Waals surface area contributed by atoms with Crippen molar-refractivity contribution < 1.29 is 9.53 Å². The number of benzene rings is 1. The molecule has 0 spiro atoms. The average molecular weight is 325 g/mol. The maximum Gasteiger partial charge on any atom is 0.220 e. The molecule has 5 heteroatoms. The second-order valence-electron chi connectivity index (χ2n) is 6.84. The zero-order chi connectivity index (χ0) is 17.2.